The van der Waals surface area contributed by atoms with E-state index in [0.29, 0.717) is 10.8 Å². The zero-order chi connectivity index (χ0) is 16.1. The van der Waals surface area contributed by atoms with Gasteiger partial charge in [-0.3, -0.25) is 4.79 Å². The third-order valence-electron chi connectivity index (χ3n) is 2.95. The van der Waals surface area contributed by atoms with Crippen molar-refractivity contribution >= 4 is 35.0 Å². The van der Waals surface area contributed by atoms with Gasteiger partial charge < -0.3 is 5.32 Å². The van der Waals surface area contributed by atoms with Gasteiger partial charge in [0.25, 0.3) is 0 Å². The summed E-state index contributed by atoms with van der Waals surface area (Å²) < 4.78 is 26.3. The van der Waals surface area contributed by atoms with Crippen molar-refractivity contribution in [3.63, 3.8) is 0 Å². The van der Waals surface area contributed by atoms with Crippen molar-refractivity contribution in [2.24, 2.45) is 0 Å². The van der Waals surface area contributed by atoms with Crippen LogP contribution >= 0.6 is 23.4 Å². The van der Waals surface area contributed by atoms with Gasteiger partial charge >= 0.3 is 0 Å². The van der Waals surface area contributed by atoms with Crippen molar-refractivity contribution in [2.45, 2.75) is 17.9 Å². The van der Waals surface area contributed by atoms with Crippen LogP contribution in [0.5, 0.6) is 0 Å². The first-order valence-electron chi connectivity index (χ1n) is 6.57. The summed E-state index contributed by atoms with van der Waals surface area (Å²) in [6.45, 7) is 1.73. The van der Waals surface area contributed by atoms with Crippen LogP contribution in [0.3, 0.4) is 0 Å². The number of benzene rings is 2. The van der Waals surface area contributed by atoms with Crippen LogP contribution in [-0.2, 0) is 10.5 Å². The third-order valence-corrected chi connectivity index (χ3v) is 4.40. The van der Waals surface area contributed by atoms with Crippen LogP contribution in [0.25, 0.3) is 0 Å². The number of thioether (sulfide) groups is 1. The van der Waals surface area contributed by atoms with Gasteiger partial charge in [0.1, 0.15) is 11.6 Å². The van der Waals surface area contributed by atoms with Crippen LogP contribution in [0, 0.1) is 11.6 Å². The van der Waals surface area contributed by atoms with Gasteiger partial charge in [0, 0.05) is 16.8 Å². The van der Waals surface area contributed by atoms with Crippen molar-refractivity contribution < 1.29 is 13.6 Å². The first-order valence-corrected chi connectivity index (χ1v) is 8.00. The van der Waals surface area contributed by atoms with E-state index in [4.69, 9.17) is 11.6 Å². The number of rotatable bonds is 5. The molecule has 0 aliphatic rings. The predicted octanol–water partition coefficient (Wildman–Crippen LogP) is 4.88. The molecule has 0 bridgehead atoms. The summed E-state index contributed by atoms with van der Waals surface area (Å²) in [6, 6.07) is 10.4. The molecule has 2 rings (SSSR count). The van der Waals surface area contributed by atoms with E-state index in [0.717, 1.165) is 17.7 Å². The van der Waals surface area contributed by atoms with Gasteiger partial charge in [-0.05, 0) is 36.8 Å². The van der Waals surface area contributed by atoms with Gasteiger partial charge in [-0.1, -0.05) is 23.7 Å². The fraction of sp³-hybridized carbons (Fsp3) is 0.188. The molecule has 1 N–H and O–H groups in total. The summed E-state index contributed by atoms with van der Waals surface area (Å²) in [5, 5.41) is 2.71. The number of anilines is 1. The molecule has 1 atom stereocenters. The molecule has 0 aromatic heterocycles. The van der Waals surface area contributed by atoms with Crippen molar-refractivity contribution in [3.05, 3.63) is 64.7 Å². The molecule has 0 unspecified atom stereocenters. The Morgan fingerprint density at radius 3 is 2.73 bits per heavy atom. The largest absolute Gasteiger partial charge is 0.323 e. The SMILES string of the molecule is C[C@@H](SCc1cccc(Cl)c1)C(=O)Nc1ccc(F)cc1F. The van der Waals surface area contributed by atoms with E-state index in [1.165, 1.54) is 17.8 Å². The Balaban J connectivity index is 1.92. The second-order valence-corrected chi connectivity index (χ2v) is 6.46. The fourth-order valence-corrected chi connectivity index (χ4v) is 2.79. The molecule has 0 aliphatic heterocycles. The highest BCUT2D eigenvalue weighted by atomic mass is 35.5. The molecule has 0 saturated heterocycles. The molecule has 0 saturated carbocycles. The number of hydrogen-bond acceptors (Lipinski definition) is 2. The second-order valence-electron chi connectivity index (χ2n) is 4.70. The minimum atomic E-state index is -0.791. The zero-order valence-corrected chi connectivity index (χ0v) is 13.3. The first-order chi connectivity index (χ1) is 10.5. The lowest BCUT2D eigenvalue weighted by molar-refractivity contribution is -0.115. The quantitative estimate of drug-likeness (QED) is 0.839. The summed E-state index contributed by atoms with van der Waals surface area (Å²) in [5.74, 6) is -1.20. The first kappa shape index (κ1) is 16.8. The molecule has 0 radical (unpaired) electrons. The number of nitrogens with one attached hydrogen (secondary N) is 1. The van der Waals surface area contributed by atoms with Crippen LogP contribution in [-0.4, -0.2) is 11.2 Å². The molecule has 2 aromatic rings. The van der Waals surface area contributed by atoms with Gasteiger partial charge in [0.15, 0.2) is 0 Å². The van der Waals surface area contributed by atoms with Crippen molar-refractivity contribution in [3.8, 4) is 0 Å². The maximum Gasteiger partial charge on any atom is 0.237 e. The van der Waals surface area contributed by atoms with E-state index in [1.807, 2.05) is 18.2 Å². The summed E-state index contributed by atoms with van der Waals surface area (Å²) >= 11 is 7.31. The lowest BCUT2D eigenvalue weighted by Crippen LogP contribution is -2.23. The van der Waals surface area contributed by atoms with Gasteiger partial charge in [0.2, 0.25) is 5.91 Å². The van der Waals surface area contributed by atoms with E-state index in [2.05, 4.69) is 5.32 Å². The van der Waals surface area contributed by atoms with E-state index >= 15 is 0 Å². The second kappa shape index (κ2) is 7.61. The Labute approximate surface area is 136 Å². The average Bonchev–Trinajstić information content (AvgIpc) is 2.47. The standard InChI is InChI=1S/C16H14ClF2NOS/c1-10(22-9-11-3-2-4-12(17)7-11)16(21)20-15-6-5-13(18)8-14(15)19/h2-8,10H,9H2,1H3,(H,20,21)/t10-/m1/s1. The highest BCUT2D eigenvalue weighted by Crippen LogP contribution is 2.22. The summed E-state index contributed by atoms with van der Waals surface area (Å²) in [7, 11) is 0. The number of halogens is 3. The summed E-state index contributed by atoms with van der Waals surface area (Å²) in [4.78, 5) is 12.0. The van der Waals surface area contributed by atoms with E-state index < -0.39 is 11.6 Å². The topological polar surface area (TPSA) is 29.1 Å². The van der Waals surface area contributed by atoms with Crippen LogP contribution < -0.4 is 5.32 Å². The normalized spacial score (nSPS) is 12.0. The van der Waals surface area contributed by atoms with Crippen molar-refractivity contribution in [2.75, 3.05) is 5.32 Å². The van der Waals surface area contributed by atoms with E-state index in [1.54, 1.807) is 13.0 Å². The smallest absolute Gasteiger partial charge is 0.237 e. The Hall–Kier alpha value is -1.59. The van der Waals surface area contributed by atoms with Gasteiger partial charge in [-0.15, -0.1) is 11.8 Å². The molecule has 1 amide bonds. The molecule has 2 nitrogen and oxygen atoms in total. The third kappa shape index (κ3) is 4.71. The maximum atomic E-state index is 13.5. The molecule has 116 valence electrons. The Kier molecular flexibility index (Phi) is 5.80. The van der Waals surface area contributed by atoms with Crippen molar-refractivity contribution in [1.29, 1.82) is 0 Å². The van der Waals surface area contributed by atoms with Crippen LogP contribution in [0.1, 0.15) is 12.5 Å². The molecular weight excluding hydrogens is 328 g/mol. The molecule has 0 heterocycles. The molecule has 2 aromatic carbocycles. The fourth-order valence-electron chi connectivity index (χ4n) is 1.75. The molecular formula is C16H14ClF2NOS. The maximum absolute atomic E-state index is 13.5. The molecule has 0 fully saturated rings. The van der Waals surface area contributed by atoms with Crippen LogP contribution in [0.4, 0.5) is 14.5 Å². The Bertz CT molecular complexity index is 681. The molecule has 22 heavy (non-hydrogen) atoms. The molecule has 0 aliphatic carbocycles. The van der Waals surface area contributed by atoms with Gasteiger partial charge in [-0.2, -0.15) is 0 Å². The Morgan fingerprint density at radius 2 is 2.05 bits per heavy atom. The van der Waals surface area contributed by atoms with E-state index in [9.17, 15) is 13.6 Å². The Morgan fingerprint density at radius 1 is 1.27 bits per heavy atom. The summed E-state index contributed by atoms with van der Waals surface area (Å²) in [5.41, 5.74) is 0.978. The van der Waals surface area contributed by atoms with Crippen molar-refractivity contribution in [1.82, 2.24) is 0 Å². The number of amides is 1. The molecule has 0 spiro atoms. The number of hydrogen-bond donors (Lipinski definition) is 1. The average molecular weight is 342 g/mol. The lowest BCUT2D eigenvalue weighted by atomic mass is 10.2. The van der Waals surface area contributed by atoms with E-state index in [-0.39, 0.29) is 16.8 Å². The van der Waals surface area contributed by atoms with Crippen LogP contribution in [0.15, 0.2) is 42.5 Å². The van der Waals surface area contributed by atoms with Gasteiger partial charge in [0.05, 0.1) is 10.9 Å². The number of carbonyl (C=O) groups excluding carboxylic acids is 1. The number of carbonyl (C=O) groups is 1. The van der Waals surface area contributed by atoms with Gasteiger partial charge in [-0.25, -0.2) is 8.78 Å². The van der Waals surface area contributed by atoms with Crippen LogP contribution in [0.2, 0.25) is 5.02 Å². The minimum absolute atomic E-state index is 0.0263. The monoisotopic (exact) mass is 341 g/mol. The minimum Gasteiger partial charge on any atom is -0.323 e. The predicted molar refractivity (Wildman–Crippen MR) is 87.2 cm³/mol. The highest BCUT2D eigenvalue weighted by molar-refractivity contribution is 7.99. The highest BCUT2D eigenvalue weighted by Gasteiger charge is 2.15. The summed E-state index contributed by atoms with van der Waals surface area (Å²) in [6.07, 6.45) is 0. The molecule has 6 heteroatoms. The zero-order valence-electron chi connectivity index (χ0n) is 11.8. The lowest BCUT2D eigenvalue weighted by Gasteiger charge is -2.12.